The van der Waals surface area contributed by atoms with Gasteiger partial charge in [-0.15, -0.1) is 11.8 Å². The van der Waals surface area contributed by atoms with E-state index in [1.165, 1.54) is 10.5 Å². The van der Waals surface area contributed by atoms with Crippen molar-refractivity contribution in [1.29, 1.82) is 0 Å². The number of benzene rings is 2. The lowest BCUT2D eigenvalue weighted by Gasteiger charge is -2.09. The standard InChI is InChI=1S/C20H27N3O2S/c1-15-4-7-17(8-5-15)26-13-12-23-20(21)22-11-10-16-6-9-18(24-2)19(14-16)25-3/h4-9,14H,10-13H2,1-3H3,(H3,21,22,23). The lowest BCUT2D eigenvalue weighted by molar-refractivity contribution is 0.354. The molecule has 0 saturated carbocycles. The first kappa shape index (κ1) is 20.0. The number of thioether (sulfide) groups is 1. The predicted molar refractivity (Wildman–Crippen MR) is 110 cm³/mol. The van der Waals surface area contributed by atoms with Gasteiger partial charge in [-0.05, 0) is 43.2 Å². The summed E-state index contributed by atoms with van der Waals surface area (Å²) in [6, 6.07) is 14.4. The molecule has 2 aromatic carbocycles. The van der Waals surface area contributed by atoms with Gasteiger partial charge >= 0.3 is 0 Å². The summed E-state index contributed by atoms with van der Waals surface area (Å²) in [6.07, 6.45) is 0.793. The predicted octanol–water partition coefficient (Wildman–Crippen LogP) is 3.25. The minimum Gasteiger partial charge on any atom is -0.493 e. The van der Waals surface area contributed by atoms with Crippen molar-refractivity contribution in [2.75, 3.05) is 33.1 Å². The highest BCUT2D eigenvalue weighted by molar-refractivity contribution is 7.99. The molecular weight excluding hydrogens is 346 g/mol. The molecule has 0 amide bonds. The molecule has 0 unspecified atom stereocenters. The van der Waals surface area contributed by atoms with Gasteiger partial charge in [0.1, 0.15) is 0 Å². The zero-order chi connectivity index (χ0) is 18.8. The van der Waals surface area contributed by atoms with E-state index >= 15 is 0 Å². The number of aryl methyl sites for hydroxylation is 1. The first-order valence-electron chi connectivity index (χ1n) is 8.56. The van der Waals surface area contributed by atoms with Crippen LogP contribution in [0.4, 0.5) is 0 Å². The number of guanidine groups is 1. The number of hydrogen-bond donors (Lipinski definition) is 2. The van der Waals surface area contributed by atoms with E-state index < -0.39 is 0 Å². The van der Waals surface area contributed by atoms with Crippen LogP contribution in [0.1, 0.15) is 11.1 Å². The third kappa shape index (κ3) is 6.52. The number of hydrogen-bond acceptors (Lipinski definition) is 4. The Morgan fingerprint density at radius 3 is 2.50 bits per heavy atom. The molecule has 0 bridgehead atoms. The van der Waals surface area contributed by atoms with Crippen LogP contribution in [0.25, 0.3) is 0 Å². The largest absolute Gasteiger partial charge is 0.493 e. The van der Waals surface area contributed by atoms with Gasteiger partial charge in [-0.1, -0.05) is 23.8 Å². The average Bonchev–Trinajstić information content (AvgIpc) is 2.66. The second-order valence-electron chi connectivity index (χ2n) is 5.79. The molecule has 0 heterocycles. The van der Waals surface area contributed by atoms with Crippen LogP contribution in [0.2, 0.25) is 0 Å². The molecule has 0 aromatic heterocycles. The third-order valence-electron chi connectivity index (χ3n) is 3.83. The Morgan fingerprint density at radius 1 is 1.08 bits per heavy atom. The quantitative estimate of drug-likeness (QED) is 0.306. The van der Waals surface area contributed by atoms with Gasteiger partial charge in [0.2, 0.25) is 0 Å². The second kappa shape index (κ2) is 10.6. The van der Waals surface area contributed by atoms with Gasteiger partial charge in [0.05, 0.1) is 14.2 Å². The van der Waals surface area contributed by atoms with Gasteiger partial charge in [-0.25, -0.2) is 0 Å². The lowest BCUT2D eigenvalue weighted by Crippen LogP contribution is -2.33. The fourth-order valence-electron chi connectivity index (χ4n) is 2.38. The highest BCUT2D eigenvalue weighted by Gasteiger charge is 2.04. The van der Waals surface area contributed by atoms with Crippen molar-refractivity contribution in [3.63, 3.8) is 0 Å². The van der Waals surface area contributed by atoms with E-state index in [9.17, 15) is 0 Å². The van der Waals surface area contributed by atoms with Crippen LogP contribution in [-0.4, -0.2) is 39.0 Å². The van der Waals surface area contributed by atoms with Gasteiger partial charge in [-0.3, -0.25) is 4.99 Å². The van der Waals surface area contributed by atoms with Crippen LogP contribution in [-0.2, 0) is 6.42 Å². The topological polar surface area (TPSA) is 68.9 Å². The van der Waals surface area contributed by atoms with Crippen molar-refractivity contribution in [3.8, 4) is 11.5 Å². The van der Waals surface area contributed by atoms with Gasteiger partial charge in [0.25, 0.3) is 0 Å². The maximum Gasteiger partial charge on any atom is 0.188 e. The Kier molecular flexibility index (Phi) is 8.15. The molecule has 0 saturated heterocycles. The van der Waals surface area contributed by atoms with Crippen LogP contribution in [0.15, 0.2) is 52.4 Å². The first-order chi connectivity index (χ1) is 12.6. The Labute approximate surface area is 160 Å². The van der Waals surface area contributed by atoms with Crippen molar-refractivity contribution in [2.24, 2.45) is 10.7 Å². The van der Waals surface area contributed by atoms with E-state index in [0.29, 0.717) is 12.5 Å². The molecule has 2 rings (SSSR count). The van der Waals surface area contributed by atoms with E-state index in [0.717, 1.165) is 35.8 Å². The lowest BCUT2D eigenvalue weighted by atomic mass is 10.1. The molecule has 0 fully saturated rings. The molecule has 0 aliphatic rings. The van der Waals surface area contributed by atoms with Gasteiger partial charge < -0.3 is 20.5 Å². The number of nitrogens with two attached hydrogens (primary N) is 1. The summed E-state index contributed by atoms with van der Waals surface area (Å²) in [5.74, 6) is 2.88. The number of ether oxygens (including phenoxy) is 2. The SMILES string of the molecule is COc1ccc(CCN=C(N)NCCSc2ccc(C)cc2)cc1OC. The van der Waals surface area contributed by atoms with Crippen LogP contribution in [0.3, 0.4) is 0 Å². The molecule has 26 heavy (non-hydrogen) atoms. The maximum atomic E-state index is 5.92. The number of nitrogens with zero attached hydrogens (tertiary/aromatic N) is 1. The maximum absolute atomic E-state index is 5.92. The molecule has 0 aliphatic heterocycles. The third-order valence-corrected chi connectivity index (χ3v) is 4.84. The fourth-order valence-corrected chi connectivity index (χ4v) is 3.15. The Balaban J connectivity index is 1.70. The molecule has 140 valence electrons. The van der Waals surface area contributed by atoms with Crippen molar-refractivity contribution >= 4 is 17.7 Å². The molecule has 0 radical (unpaired) electrons. The van der Waals surface area contributed by atoms with Crippen LogP contribution in [0, 0.1) is 6.92 Å². The van der Waals surface area contributed by atoms with Crippen molar-refractivity contribution in [2.45, 2.75) is 18.2 Å². The minimum atomic E-state index is 0.481. The summed E-state index contributed by atoms with van der Waals surface area (Å²) in [6.45, 7) is 3.50. The number of aliphatic imine (C=N–C) groups is 1. The average molecular weight is 374 g/mol. The fraction of sp³-hybridized carbons (Fsp3) is 0.350. The molecule has 6 heteroatoms. The molecule has 0 aliphatic carbocycles. The van der Waals surface area contributed by atoms with Crippen LogP contribution in [0.5, 0.6) is 11.5 Å². The van der Waals surface area contributed by atoms with Crippen LogP contribution < -0.4 is 20.5 Å². The van der Waals surface area contributed by atoms with E-state index in [1.807, 2.05) is 18.2 Å². The zero-order valence-corrected chi connectivity index (χ0v) is 16.4. The smallest absolute Gasteiger partial charge is 0.188 e. The van der Waals surface area contributed by atoms with E-state index in [2.05, 4.69) is 41.5 Å². The first-order valence-corrected chi connectivity index (χ1v) is 9.55. The monoisotopic (exact) mass is 373 g/mol. The summed E-state index contributed by atoms with van der Waals surface area (Å²) in [5, 5.41) is 3.15. The highest BCUT2D eigenvalue weighted by Crippen LogP contribution is 2.27. The molecule has 0 atom stereocenters. The van der Waals surface area contributed by atoms with Crippen LogP contribution >= 0.6 is 11.8 Å². The Morgan fingerprint density at radius 2 is 1.81 bits per heavy atom. The Bertz CT molecular complexity index is 717. The molecule has 0 spiro atoms. The number of rotatable bonds is 9. The zero-order valence-electron chi connectivity index (χ0n) is 15.6. The van der Waals surface area contributed by atoms with Gasteiger partial charge in [0.15, 0.2) is 17.5 Å². The molecule has 3 N–H and O–H groups in total. The molecule has 2 aromatic rings. The van der Waals surface area contributed by atoms with Crippen molar-refractivity contribution in [3.05, 3.63) is 53.6 Å². The summed E-state index contributed by atoms with van der Waals surface area (Å²) in [5.41, 5.74) is 8.33. The highest BCUT2D eigenvalue weighted by atomic mass is 32.2. The Hall–Kier alpha value is -2.34. The normalized spacial score (nSPS) is 11.3. The number of methoxy groups -OCH3 is 2. The van der Waals surface area contributed by atoms with E-state index in [-0.39, 0.29) is 0 Å². The van der Waals surface area contributed by atoms with Gasteiger partial charge in [-0.2, -0.15) is 0 Å². The second-order valence-corrected chi connectivity index (χ2v) is 6.96. The van der Waals surface area contributed by atoms with Gasteiger partial charge in [0, 0.05) is 23.7 Å². The minimum absolute atomic E-state index is 0.481. The van der Waals surface area contributed by atoms with Crippen molar-refractivity contribution in [1.82, 2.24) is 5.32 Å². The summed E-state index contributed by atoms with van der Waals surface area (Å²) >= 11 is 1.80. The van der Waals surface area contributed by atoms with Crippen molar-refractivity contribution < 1.29 is 9.47 Å². The molecular formula is C20H27N3O2S. The van der Waals surface area contributed by atoms with E-state index in [4.69, 9.17) is 15.2 Å². The summed E-state index contributed by atoms with van der Waals surface area (Å²) in [4.78, 5) is 5.64. The summed E-state index contributed by atoms with van der Waals surface area (Å²) in [7, 11) is 3.27. The molecule has 5 nitrogen and oxygen atoms in total. The number of nitrogens with one attached hydrogen (secondary N) is 1. The van der Waals surface area contributed by atoms with E-state index in [1.54, 1.807) is 26.0 Å². The summed E-state index contributed by atoms with van der Waals surface area (Å²) < 4.78 is 10.6.